The Labute approximate surface area is 151 Å². The molecular formula is C18H23N2O4S+. The van der Waals surface area contributed by atoms with Crippen molar-refractivity contribution in [2.75, 3.05) is 6.26 Å². The molecule has 0 fully saturated rings. The van der Waals surface area contributed by atoms with E-state index in [0.717, 1.165) is 15.9 Å². The van der Waals surface area contributed by atoms with Crippen molar-refractivity contribution in [1.82, 2.24) is 4.98 Å². The third kappa shape index (κ3) is 4.28. The van der Waals surface area contributed by atoms with Crippen molar-refractivity contribution in [1.29, 1.82) is 0 Å². The molecule has 0 saturated carbocycles. The first kappa shape index (κ1) is 19.2. The summed E-state index contributed by atoms with van der Waals surface area (Å²) in [7, 11) is 1.85. The standard InChI is InChI=1S/C18H23N2O4S/c1-10(2)17(21)23-14-7-12-13(20(5)9-19-16(12)25-6)8-15(14)24-18(22)11(3)4/h7-11H,1-6H3/q+1. The van der Waals surface area contributed by atoms with Crippen LogP contribution in [-0.4, -0.2) is 23.2 Å². The summed E-state index contributed by atoms with van der Waals surface area (Å²) in [5.41, 5.74) is 0.829. The van der Waals surface area contributed by atoms with E-state index in [1.807, 2.05) is 17.9 Å². The molecule has 0 saturated heterocycles. The number of aryl methyl sites for hydroxylation is 1. The van der Waals surface area contributed by atoms with Crippen molar-refractivity contribution in [3.63, 3.8) is 0 Å². The minimum atomic E-state index is -0.389. The summed E-state index contributed by atoms with van der Waals surface area (Å²) in [5.74, 6) is -0.910. The van der Waals surface area contributed by atoms with Gasteiger partial charge >= 0.3 is 11.9 Å². The van der Waals surface area contributed by atoms with E-state index in [1.165, 1.54) is 11.8 Å². The summed E-state index contributed by atoms with van der Waals surface area (Å²) < 4.78 is 12.8. The Morgan fingerprint density at radius 3 is 2.04 bits per heavy atom. The first-order chi connectivity index (χ1) is 11.7. The minimum absolute atomic E-state index is 0.225. The fourth-order valence-corrected chi connectivity index (χ4v) is 2.59. The van der Waals surface area contributed by atoms with Crippen LogP contribution in [0.25, 0.3) is 10.9 Å². The number of ether oxygens (including phenoxy) is 2. The van der Waals surface area contributed by atoms with Gasteiger partial charge in [0.05, 0.1) is 24.3 Å². The number of thioether (sulfide) groups is 1. The monoisotopic (exact) mass is 363 g/mol. The highest BCUT2D eigenvalue weighted by Gasteiger charge is 2.22. The lowest BCUT2D eigenvalue weighted by atomic mass is 10.2. The molecule has 7 heteroatoms. The molecule has 0 N–H and O–H groups in total. The summed E-state index contributed by atoms with van der Waals surface area (Å²) in [6, 6.07) is 3.41. The molecule has 0 aliphatic carbocycles. The van der Waals surface area contributed by atoms with Crippen LogP contribution in [0.3, 0.4) is 0 Å². The van der Waals surface area contributed by atoms with Crippen LogP contribution in [0.4, 0.5) is 0 Å². The minimum Gasteiger partial charge on any atom is -0.422 e. The number of aromatic nitrogens is 2. The third-order valence-electron chi connectivity index (χ3n) is 3.58. The molecule has 0 aliphatic rings. The molecule has 1 heterocycles. The Hall–Kier alpha value is -2.15. The van der Waals surface area contributed by atoms with Gasteiger partial charge < -0.3 is 9.47 Å². The van der Waals surface area contributed by atoms with E-state index < -0.39 is 0 Å². The summed E-state index contributed by atoms with van der Waals surface area (Å²) in [6.45, 7) is 6.99. The van der Waals surface area contributed by atoms with Gasteiger partial charge in [-0.1, -0.05) is 39.5 Å². The van der Waals surface area contributed by atoms with E-state index in [-0.39, 0.29) is 35.3 Å². The summed E-state index contributed by atoms with van der Waals surface area (Å²) in [5, 5.41) is 1.63. The van der Waals surface area contributed by atoms with E-state index in [9.17, 15) is 9.59 Å². The van der Waals surface area contributed by atoms with Gasteiger partial charge in [0, 0.05) is 12.1 Å². The predicted octanol–water partition coefficient (Wildman–Crippen LogP) is 2.90. The van der Waals surface area contributed by atoms with Gasteiger partial charge in [-0.3, -0.25) is 9.59 Å². The SMILES string of the molecule is CSc1nc[n+](C)c2cc(OC(=O)C(C)C)c(OC(=O)C(C)C)cc12. The number of carbonyl (C=O) groups is 2. The van der Waals surface area contributed by atoms with Crippen LogP contribution in [0, 0.1) is 11.8 Å². The lowest BCUT2D eigenvalue weighted by Crippen LogP contribution is -2.29. The normalized spacial score (nSPS) is 11.2. The van der Waals surface area contributed by atoms with E-state index in [2.05, 4.69) is 4.98 Å². The maximum absolute atomic E-state index is 12.1. The average Bonchev–Trinajstić information content (AvgIpc) is 2.56. The molecule has 1 aromatic carbocycles. The maximum Gasteiger partial charge on any atom is 0.313 e. The van der Waals surface area contributed by atoms with Gasteiger partial charge in [0.25, 0.3) is 6.33 Å². The molecular weight excluding hydrogens is 340 g/mol. The van der Waals surface area contributed by atoms with Crippen LogP contribution in [0.5, 0.6) is 11.5 Å². The highest BCUT2D eigenvalue weighted by atomic mass is 32.2. The van der Waals surface area contributed by atoms with Gasteiger partial charge in [-0.05, 0) is 11.2 Å². The zero-order chi connectivity index (χ0) is 18.7. The molecule has 0 aliphatic heterocycles. The van der Waals surface area contributed by atoms with E-state index >= 15 is 0 Å². The van der Waals surface area contributed by atoms with Crippen molar-refractivity contribution >= 4 is 34.6 Å². The second-order valence-corrected chi connectivity index (χ2v) is 7.13. The van der Waals surface area contributed by atoms with Gasteiger partial charge in [0.2, 0.25) is 5.03 Å². The van der Waals surface area contributed by atoms with Crippen LogP contribution in [0.2, 0.25) is 0 Å². The molecule has 0 radical (unpaired) electrons. The largest absolute Gasteiger partial charge is 0.422 e. The first-order valence-electron chi connectivity index (χ1n) is 8.04. The predicted molar refractivity (Wildman–Crippen MR) is 95.6 cm³/mol. The smallest absolute Gasteiger partial charge is 0.313 e. The van der Waals surface area contributed by atoms with Crippen LogP contribution >= 0.6 is 11.8 Å². The van der Waals surface area contributed by atoms with Crippen molar-refractivity contribution in [3.8, 4) is 11.5 Å². The molecule has 2 aromatic rings. The summed E-state index contributed by atoms with van der Waals surface area (Å²) in [6.07, 6.45) is 3.62. The Kier molecular flexibility index (Phi) is 6.00. The number of benzene rings is 1. The number of rotatable bonds is 5. The number of fused-ring (bicyclic) bond motifs is 1. The lowest BCUT2D eigenvalue weighted by molar-refractivity contribution is -0.648. The van der Waals surface area contributed by atoms with Crippen LogP contribution in [-0.2, 0) is 16.6 Å². The fraction of sp³-hybridized carbons (Fsp3) is 0.444. The Balaban J connectivity index is 2.63. The number of hydrogen-bond donors (Lipinski definition) is 0. The molecule has 25 heavy (non-hydrogen) atoms. The van der Waals surface area contributed by atoms with Gasteiger partial charge in [-0.2, -0.15) is 0 Å². The Morgan fingerprint density at radius 2 is 1.56 bits per heavy atom. The highest BCUT2D eigenvalue weighted by Crippen LogP contribution is 2.35. The molecule has 134 valence electrons. The highest BCUT2D eigenvalue weighted by molar-refractivity contribution is 7.98. The molecule has 0 bridgehead atoms. The second-order valence-electron chi connectivity index (χ2n) is 6.33. The molecule has 0 amide bonds. The zero-order valence-electron chi connectivity index (χ0n) is 15.3. The van der Waals surface area contributed by atoms with E-state index in [4.69, 9.17) is 9.47 Å². The number of carbonyl (C=O) groups excluding carboxylic acids is 2. The van der Waals surface area contributed by atoms with Gasteiger partial charge in [0.1, 0.15) is 5.52 Å². The topological polar surface area (TPSA) is 69.4 Å². The van der Waals surface area contributed by atoms with Gasteiger partial charge in [-0.25, -0.2) is 4.57 Å². The Bertz CT molecular complexity index is 818. The third-order valence-corrected chi connectivity index (χ3v) is 4.29. The fourth-order valence-electron chi connectivity index (χ4n) is 2.06. The van der Waals surface area contributed by atoms with Gasteiger partial charge in [-0.15, -0.1) is 0 Å². The molecule has 0 atom stereocenters. The average molecular weight is 363 g/mol. The number of nitrogens with zero attached hydrogens (tertiary/aromatic N) is 2. The summed E-state index contributed by atoms with van der Waals surface area (Å²) >= 11 is 1.49. The van der Waals surface area contributed by atoms with Crippen molar-refractivity contribution in [2.45, 2.75) is 32.7 Å². The lowest BCUT2D eigenvalue weighted by Gasteiger charge is -2.14. The number of esters is 2. The van der Waals surface area contributed by atoms with Crippen LogP contribution < -0.4 is 14.0 Å². The Morgan fingerprint density at radius 1 is 1.04 bits per heavy atom. The van der Waals surface area contributed by atoms with E-state index in [1.54, 1.807) is 46.2 Å². The van der Waals surface area contributed by atoms with E-state index in [0.29, 0.717) is 0 Å². The van der Waals surface area contributed by atoms with Crippen molar-refractivity contribution < 1.29 is 23.6 Å². The zero-order valence-corrected chi connectivity index (χ0v) is 16.1. The van der Waals surface area contributed by atoms with Gasteiger partial charge in [0.15, 0.2) is 11.5 Å². The van der Waals surface area contributed by atoms with Crippen LogP contribution in [0.1, 0.15) is 27.7 Å². The van der Waals surface area contributed by atoms with Crippen molar-refractivity contribution in [3.05, 3.63) is 18.5 Å². The quantitative estimate of drug-likeness (QED) is 0.267. The molecule has 0 unspecified atom stereocenters. The molecule has 2 rings (SSSR count). The van der Waals surface area contributed by atoms with Crippen molar-refractivity contribution in [2.24, 2.45) is 18.9 Å². The first-order valence-corrected chi connectivity index (χ1v) is 9.26. The second kappa shape index (κ2) is 7.82. The van der Waals surface area contributed by atoms with Crippen LogP contribution in [0.15, 0.2) is 23.5 Å². The number of hydrogen-bond acceptors (Lipinski definition) is 6. The molecule has 6 nitrogen and oxygen atoms in total. The molecule has 1 aromatic heterocycles. The molecule has 0 spiro atoms. The maximum atomic E-state index is 12.1. The summed E-state index contributed by atoms with van der Waals surface area (Å²) in [4.78, 5) is 28.5.